The molecule has 1 aromatic heterocycles. The first-order valence-corrected chi connectivity index (χ1v) is 7.62. The van der Waals surface area contributed by atoms with Crippen LogP contribution in [-0.4, -0.2) is 12.5 Å². The van der Waals surface area contributed by atoms with E-state index in [2.05, 4.69) is 24.4 Å². The largest absolute Gasteiger partial charge is 0.351 e. The van der Waals surface area contributed by atoms with Crippen LogP contribution in [0.3, 0.4) is 0 Å². The predicted octanol–water partition coefficient (Wildman–Crippen LogP) is 2.84. The van der Waals surface area contributed by atoms with Crippen molar-refractivity contribution in [3.8, 4) is 0 Å². The molecule has 0 aliphatic carbocycles. The molecule has 0 bridgehead atoms. The highest BCUT2D eigenvalue weighted by Gasteiger charge is 2.03. The number of aryl methyl sites for hydroxylation is 1. The Morgan fingerprint density at radius 1 is 1.22 bits per heavy atom. The number of rotatable bonds is 9. The van der Waals surface area contributed by atoms with Crippen LogP contribution in [0.2, 0.25) is 0 Å². The Balaban J connectivity index is 2.09. The summed E-state index contributed by atoms with van der Waals surface area (Å²) in [6.07, 6.45) is 5.97. The van der Waals surface area contributed by atoms with Crippen LogP contribution in [-0.2, 0) is 17.8 Å². The number of hydrogen-bond donors (Lipinski definition) is 2. The zero-order valence-electron chi connectivity index (χ0n) is 11.2. The second-order valence-corrected chi connectivity index (χ2v) is 5.70. The lowest BCUT2D eigenvalue weighted by Gasteiger charge is -2.03. The molecule has 0 aromatic carbocycles. The lowest BCUT2D eigenvalue weighted by atomic mass is 10.1. The van der Waals surface area contributed by atoms with E-state index in [1.165, 1.54) is 9.75 Å². The smallest absolute Gasteiger partial charge is 0.220 e. The standard InChI is InChI=1S/C14H24N2OS/c1-2-12-8-9-13(18-12)11-16-14(17)7-5-3-4-6-10-15/h8-9H,2-7,10-11,15H2,1H3,(H,16,17). The van der Waals surface area contributed by atoms with E-state index in [4.69, 9.17) is 5.73 Å². The third-order valence-electron chi connectivity index (χ3n) is 2.88. The van der Waals surface area contributed by atoms with Crippen LogP contribution < -0.4 is 11.1 Å². The Bertz CT molecular complexity index is 349. The summed E-state index contributed by atoms with van der Waals surface area (Å²) in [6.45, 7) is 3.58. The minimum atomic E-state index is 0.161. The zero-order chi connectivity index (χ0) is 13.2. The van der Waals surface area contributed by atoms with E-state index in [-0.39, 0.29) is 5.91 Å². The zero-order valence-corrected chi connectivity index (χ0v) is 12.0. The van der Waals surface area contributed by atoms with Crippen molar-refractivity contribution in [2.75, 3.05) is 6.54 Å². The number of carbonyl (C=O) groups is 1. The Kier molecular flexibility index (Phi) is 7.69. The van der Waals surface area contributed by atoms with Gasteiger partial charge in [-0.3, -0.25) is 4.79 Å². The molecule has 0 spiro atoms. The first kappa shape index (κ1) is 15.2. The van der Waals surface area contributed by atoms with Gasteiger partial charge >= 0.3 is 0 Å². The van der Waals surface area contributed by atoms with Crippen LogP contribution in [0.25, 0.3) is 0 Å². The summed E-state index contributed by atoms with van der Waals surface area (Å²) in [6, 6.07) is 4.24. The predicted molar refractivity (Wildman–Crippen MR) is 77.7 cm³/mol. The minimum absolute atomic E-state index is 0.161. The molecule has 0 fully saturated rings. The van der Waals surface area contributed by atoms with Gasteiger partial charge in [0, 0.05) is 16.2 Å². The van der Waals surface area contributed by atoms with Gasteiger partial charge in [0.15, 0.2) is 0 Å². The van der Waals surface area contributed by atoms with E-state index in [9.17, 15) is 4.79 Å². The van der Waals surface area contributed by atoms with Crippen LogP contribution in [0.5, 0.6) is 0 Å². The fraction of sp³-hybridized carbons (Fsp3) is 0.643. The van der Waals surface area contributed by atoms with E-state index >= 15 is 0 Å². The van der Waals surface area contributed by atoms with Gasteiger partial charge in [0.25, 0.3) is 0 Å². The summed E-state index contributed by atoms with van der Waals surface area (Å²) in [5.74, 6) is 0.161. The number of nitrogens with two attached hydrogens (primary N) is 1. The summed E-state index contributed by atoms with van der Waals surface area (Å²) in [5, 5.41) is 2.97. The summed E-state index contributed by atoms with van der Waals surface area (Å²) < 4.78 is 0. The first-order chi connectivity index (χ1) is 8.76. The Labute approximate surface area is 114 Å². The fourth-order valence-electron chi connectivity index (χ4n) is 1.76. The van der Waals surface area contributed by atoms with Crippen molar-refractivity contribution in [2.45, 2.75) is 52.0 Å². The summed E-state index contributed by atoms with van der Waals surface area (Å²) in [7, 11) is 0. The Morgan fingerprint density at radius 3 is 2.61 bits per heavy atom. The molecule has 1 heterocycles. The molecule has 1 amide bonds. The number of unbranched alkanes of at least 4 members (excludes halogenated alkanes) is 3. The first-order valence-electron chi connectivity index (χ1n) is 6.80. The fourth-order valence-corrected chi connectivity index (χ4v) is 2.66. The molecular weight excluding hydrogens is 244 g/mol. The normalized spacial score (nSPS) is 10.6. The van der Waals surface area contributed by atoms with Crippen molar-refractivity contribution < 1.29 is 4.79 Å². The summed E-state index contributed by atoms with van der Waals surface area (Å²) in [4.78, 5) is 14.2. The molecular formula is C14H24N2OS. The molecule has 1 rings (SSSR count). The lowest BCUT2D eigenvalue weighted by molar-refractivity contribution is -0.121. The van der Waals surface area contributed by atoms with Crippen molar-refractivity contribution in [1.29, 1.82) is 0 Å². The van der Waals surface area contributed by atoms with E-state index in [1.54, 1.807) is 11.3 Å². The monoisotopic (exact) mass is 268 g/mol. The molecule has 0 saturated carbocycles. The molecule has 0 saturated heterocycles. The number of amides is 1. The number of thiophene rings is 1. The molecule has 0 aliphatic rings. The molecule has 3 N–H and O–H groups in total. The lowest BCUT2D eigenvalue weighted by Crippen LogP contribution is -2.21. The SMILES string of the molecule is CCc1ccc(CNC(=O)CCCCCCN)s1. The van der Waals surface area contributed by atoms with Crippen molar-refractivity contribution >= 4 is 17.2 Å². The van der Waals surface area contributed by atoms with Crippen LogP contribution >= 0.6 is 11.3 Å². The van der Waals surface area contributed by atoms with Crippen LogP contribution in [0.1, 0.15) is 48.8 Å². The molecule has 3 nitrogen and oxygen atoms in total. The van der Waals surface area contributed by atoms with Gasteiger partial charge in [-0.25, -0.2) is 0 Å². The van der Waals surface area contributed by atoms with Gasteiger partial charge in [0.05, 0.1) is 6.54 Å². The van der Waals surface area contributed by atoms with Crippen LogP contribution in [0.4, 0.5) is 0 Å². The quantitative estimate of drug-likeness (QED) is 0.677. The van der Waals surface area contributed by atoms with Crippen molar-refractivity contribution in [3.05, 3.63) is 21.9 Å². The van der Waals surface area contributed by atoms with Crippen molar-refractivity contribution in [2.24, 2.45) is 5.73 Å². The molecule has 1 aromatic rings. The van der Waals surface area contributed by atoms with E-state index in [1.807, 2.05) is 0 Å². The van der Waals surface area contributed by atoms with E-state index in [0.717, 1.165) is 38.6 Å². The minimum Gasteiger partial charge on any atom is -0.351 e. The molecule has 4 heteroatoms. The van der Waals surface area contributed by atoms with Gasteiger partial charge in [0.1, 0.15) is 0 Å². The molecule has 0 aliphatic heterocycles. The molecule has 0 atom stereocenters. The van der Waals surface area contributed by atoms with Crippen molar-refractivity contribution in [3.63, 3.8) is 0 Å². The average Bonchev–Trinajstić information content (AvgIpc) is 2.84. The number of nitrogens with one attached hydrogen (secondary N) is 1. The number of carbonyl (C=O) groups excluding carboxylic acids is 1. The third-order valence-corrected chi connectivity index (χ3v) is 4.11. The van der Waals surface area contributed by atoms with Gasteiger partial charge < -0.3 is 11.1 Å². The van der Waals surface area contributed by atoms with E-state index < -0.39 is 0 Å². The van der Waals surface area contributed by atoms with Crippen LogP contribution in [0.15, 0.2) is 12.1 Å². The second-order valence-electron chi connectivity index (χ2n) is 4.45. The highest BCUT2D eigenvalue weighted by Crippen LogP contribution is 2.16. The topological polar surface area (TPSA) is 55.1 Å². The summed E-state index contributed by atoms with van der Waals surface area (Å²) in [5.41, 5.74) is 5.42. The maximum absolute atomic E-state index is 11.6. The highest BCUT2D eigenvalue weighted by atomic mass is 32.1. The Morgan fingerprint density at radius 2 is 1.94 bits per heavy atom. The third kappa shape index (κ3) is 6.17. The Hall–Kier alpha value is -0.870. The molecule has 0 radical (unpaired) electrons. The number of hydrogen-bond acceptors (Lipinski definition) is 3. The van der Waals surface area contributed by atoms with Gasteiger partial charge in [0.2, 0.25) is 5.91 Å². The second kappa shape index (κ2) is 9.11. The summed E-state index contributed by atoms with van der Waals surface area (Å²) >= 11 is 1.78. The maximum Gasteiger partial charge on any atom is 0.220 e. The van der Waals surface area contributed by atoms with Gasteiger partial charge in [-0.05, 0) is 37.9 Å². The maximum atomic E-state index is 11.6. The van der Waals surface area contributed by atoms with Gasteiger partial charge in [-0.1, -0.05) is 19.8 Å². The van der Waals surface area contributed by atoms with Crippen molar-refractivity contribution in [1.82, 2.24) is 5.32 Å². The van der Waals surface area contributed by atoms with Crippen LogP contribution in [0, 0.1) is 0 Å². The molecule has 18 heavy (non-hydrogen) atoms. The molecule has 0 unspecified atom stereocenters. The molecule has 102 valence electrons. The average molecular weight is 268 g/mol. The van der Waals surface area contributed by atoms with Gasteiger partial charge in [-0.15, -0.1) is 11.3 Å². The van der Waals surface area contributed by atoms with E-state index in [0.29, 0.717) is 13.0 Å². The highest BCUT2D eigenvalue weighted by molar-refractivity contribution is 7.11. The van der Waals surface area contributed by atoms with Gasteiger partial charge in [-0.2, -0.15) is 0 Å².